The van der Waals surface area contributed by atoms with Crippen molar-refractivity contribution in [2.24, 2.45) is 0 Å². The van der Waals surface area contributed by atoms with Crippen LogP contribution >= 0.6 is 7.92 Å². The molecule has 0 heterocycles. The lowest BCUT2D eigenvalue weighted by Gasteiger charge is -2.32. The lowest BCUT2D eigenvalue weighted by atomic mass is 9.96. The van der Waals surface area contributed by atoms with Crippen LogP contribution in [0.25, 0.3) is 0 Å². The molecule has 1 aromatic rings. The van der Waals surface area contributed by atoms with Crippen LogP contribution in [-0.2, 0) is 0 Å². The predicted molar refractivity (Wildman–Crippen MR) is 106 cm³/mol. The SMILES string of the molecule is CC(C)c1cc(C(C)C)cc(P(C2CCCC2)C2CCCC2)c1. The van der Waals surface area contributed by atoms with Gasteiger partial charge >= 0.3 is 0 Å². The van der Waals surface area contributed by atoms with Gasteiger partial charge in [0.15, 0.2) is 0 Å². The van der Waals surface area contributed by atoms with Crippen molar-refractivity contribution >= 4 is 13.2 Å². The fraction of sp³-hybridized carbons (Fsp3) is 0.727. The van der Waals surface area contributed by atoms with Gasteiger partial charge in [-0.05, 0) is 65.3 Å². The standard InChI is InChI=1S/C22H35P/c1-16(2)18-13-19(17(3)4)15-22(14-18)23(20-9-5-6-10-20)21-11-7-8-12-21/h13-17,20-21H,5-12H2,1-4H3. The molecule has 0 radical (unpaired) electrons. The average molecular weight is 330 g/mol. The second-order valence-electron chi connectivity index (χ2n) is 8.45. The van der Waals surface area contributed by atoms with E-state index in [0.717, 1.165) is 11.3 Å². The van der Waals surface area contributed by atoms with Crippen molar-refractivity contribution in [1.82, 2.24) is 0 Å². The van der Waals surface area contributed by atoms with E-state index < -0.39 is 0 Å². The van der Waals surface area contributed by atoms with Gasteiger partial charge in [-0.3, -0.25) is 0 Å². The molecule has 0 aliphatic heterocycles. The van der Waals surface area contributed by atoms with Gasteiger partial charge in [-0.15, -0.1) is 0 Å². The van der Waals surface area contributed by atoms with Crippen LogP contribution in [0.1, 0.15) is 102 Å². The molecule has 128 valence electrons. The minimum absolute atomic E-state index is 0.0600. The van der Waals surface area contributed by atoms with Crippen LogP contribution in [0, 0.1) is 0 Å². The van der Waals surface area contributed by atoms with Crippen molar-refractivity contribution in [2.45, 2.75) is 102 Å². The monoisotopic (exact) mass is 330 g/mol. The van der Waals surface area contributed by atoms with E-state index in [0.29, 0.717) is 11.8 Å². The third-order valence-corrected chi connectivity index (χ3v) is 9.49. The molecular formula is C22H35P. The van der Waals surface area contributed by atoms with E-state index in [9.17, 15) is 0 Å². The molecular weight excluding hydrogens is 295 g/mol. The number of rotatable bonds is 5. The van der Waals surface area contributed by atoms with Gasteiger partial charge in [-0.2, -0.15) is 0 Å². The Bertz CT molecular complexity index is 462. The maximum Gasteiger partial charge on any atom is -0.0166 e. The molecule has 0 amide bonds. The third kappa shape index (κ3) is 4.01. The van der Waals surface area contributed by atoms with Crippen LogP contribution in [0.3, 0.4) is 0 Å². The summed E-state index contributed by atoms with van der Waals surface area (Å²) in [4.78, 5) is 0. The first-order chi connectivity index (χ1) is 11.1. The minimum atomic E-state index is 0.0600. The van der Waals surface area contributed by atoms with Crippen molar-refractivity contribution in [3.05, 3.63) is 29.3 Å². The Balaban J connectivity index is 1.99. The quantitative estimate of drug-likeness (QED) is 0.514. The van der Waals surface area contributed by atoms with Crippen LogP contribution < -0.4 is 5.30 Å². The molecule has 0 spiro atoms. The molecule has 2 fully saturated rings. The first kappa shape index (κ1) is 17.5. The molecule has 2 aliphatic rings. The summed E-state index contributed by atoms with van der Waals surface area (Å²) >= 11 is 0. The fourth-order valence-corrected chi connectivity index (χ4v) is 8.44. The highest BCUT2D eigenvalue weighted by Gasteiger charge is 2.34. The Morgan fingerprint density at radius 1 is 0.696 bits per heavy atom. The Kier molecular flexibility index (Phi) is 5.84. The van der Waals surface area contributed by atoms with E-state index in [1.54, 1.807) is 16.4 Å². The summed E-state index contributed by atoms with van der Waals surface area (Å²) in [5.74, 6) is 1.30. The van der Waals surface area contributed by atoms with Crippen LogP contribution in [0.5, 0.6) is 0 Å². The highest BCUT2D eigenvalue weighted by Crippen LogP contribution is 2.56. The van der Waals surface area contributed by atoms with Crippen molar-refractivity contribution in [3.8, 4) is 0 Å². The average Bonchev–Trinajstić information content (AvgIpc) is 3.21. The third-order valence-electron chi connectivity index (χ3n) is 6.03. The molecule has 0 atom stereocenters. The maximum absolute atomic E-state index is 2.61. The van der Waals surface area contributed by atoms with E-state index in [4.69, 9.17) is 0 Å². The predicted octanol–water partition coefficient (Wildman–Crippen LogP) is 6.93. The molecule has 0 nitrogen and oxygen atoms in total. The van der Waals surface area contributed by atoms with Gasteiger partial charge < -0.3 is 0 Å². The van der Waals surface area contributed by atoms with Crippen molar-refractivity contribution < 1.29 is 0 Å². The van der Waals surface area contributed by atoms with Crippen molar-refractivity contribution in [1.29, 1.82) is 0 Å². The molecule has 0 N–H and O–H groups in total. The van der Waals surface area contributed by atoms with Crippen molar-refractivity contribution in [2.75, 3.05) is 0 Å². The van der Waals surface area contributed by atoms with E-state index in [-0.39, 0.29) is 7.92 Å². The van der Waals surface area contributed by atoms with Gasteiger partial charge in [0.2, 0.25) is 0 Å². The Hall–Kier alpha value is -0.350. The van der Waals surface area contributed by atoms with E-state index in [2.05, 4.69) is 45.9 Å². The smallest absolute Gasteiger partial charge is 0.0166 e. The van der Waals surface area contributed by atoms with Gasteiger partial charge in [-0.25, -0.2) is 0 Å². The number of hydrogen-bond donors (Lipinski definition) is 0. The summed E-state index contributed by atoms with van der Waals surface area (Å²) in [5, 5.41) is 1.76. The molecule has 0 unspecified atom stereocenters. The van der Waals surface area contributed by atoms with Crippen LogP contribution in [0.15, 0.2) is 18.2 Å². The molecule has 23 heavy (non-hydrogen) atoms. The molecule has 1 aromatic carbocycles. The zero-order chi connectivity index (χ0) is 16.4. The molecule has 0 aromatic heterocycles. The molecule has 3 rings (SSSR count). The normalized spacial score (nSPS) is 20.5. The van der Waals surface area contributed by atoms with Crippen LogP contribution in [-0.4, -0.2) is 11.3 Å². The van der Waals surface area contributed by atoms with Gasteiger partial charge in [0.25, 0.3) is 0 Å². The lowest BCUT2D eigenvalue weighted by molar-refractivity contribution is 0.827. The van der Waals surface area contributed by atoms with Crippen LogP contribution in [0.4, 0.5) is 0 Å². The first-order valence-electron chi connectivity index (χ1n) is 9.99. The summed E-state index contributed by atoms with van der Waals surface area (Å²) in [6, 6.07) is 7.70. The number of benzene rings is 1. The fourth-order valence-electron chi connectivity index (χ4n) is 4.56. The lowest BCUT2D eigenvalue weighted by Crippen LogP contribution is -2.20. The van der Waals surface area contributed by atoms with E-state index >= 15 is 0 Å². The summed E-state index contributed by atoms with van der Waals surface area (Å²) in [6.07, 6.45) is 12.0. The Labute approximate surface area is 145 Å². The zero-order valence-corrected chi connectivity index (χ0v) is 16.5. The van der Waals surface area contributed by atoms with Gasteiger partial charge in [0.1, 0.15) is 0 Å². The highest BCUT2D eigenvalue weighted by atomic mass is 31.1. The molecule has 2 saturated carbocycles. The van der Waals surface area contributed by atoms with Gasteiger partial charge in [0, 0.05) is 0 Å². The van der Waals surface area contributed by atoms with Gasteiger partial charge in [-0.1, -0.05) is 79.5 Å². The Morgan fingerprint density at radius 2 is 1.09 bits per heavy atom. The second-order valence-corrected chi connectivity index (χ2v) is 11.2. The Morgan fingerprint density at radius 3 is 1.43 bits per heavy atom. The van der Waals surface area contributed by atoms with Crippen molar-refractivity contribution in [3.63, 3.8) is 0 Å². The van der Waals surface area contributed by atoms with E-state index in [1.807, 2.05) is 0 Å². The van der Waals surface area contributed by atoms with E-state index in [1.165, 1.54) is 51.4 Å². The maximum atomic E-state index is 2.61. The molecule has 1 heteroatoms. The summed E-state index contributed by atoms with van der Waals surface area (Å²) < 4.78 is 0. The largest absolute Gasteiger partial charge is 0.0689 e. The summed E-state index contributed by atoms with van der Waals surface area (Å²) in [6.45, 7) is 9.43. The highest BCUT2D eigenvalue weighted by molar-refractivity contribution is 7.67. The topological polar surface area (TPSA) is 0 Å². The first-order valence-corrected chi connectivity index (χ1v) is 11.5. The minimum Gasteiger partial charge on any atom is -0.0689 e. The molecule has 2 aliphatic carbocycles. The molecule has 0 bridgehead atoms. The second kappa shape index (κ2) is 7.69. The van der Waals surface area contributed by atoms with Crippen LogP contribution in [0.2, 0.25) is 0 Å². The van der Waals surface area contributed by atoms with Gasteiger partial charge in [0.05, 0.1) is 0 Å². The summed E-state index contributed by atoms with van der Waals surface area (Å²) in [5.41, 5.74) is 5.20. The zero-order valence-electron chi connectivity index (χ0n) is 15.6. The molecule has 0 saturated heterocycles. The summed E-state index contributed by atoms with van der Waals surface area (Å²) in [7, 11) is 0.0600. The number of hydrogen-bond acceptors (Lipinski definition) is 0.